The normalized spacial score (nSPS) is 13.2. The first-order valence-electron chi connectivity index (χ1n) is 3.92. The van der Waals surface area contributed by atoms with Gasteiger partial charge in [-0.1, -0.05) is 0 Å². The van der Waals surface area contributed by atoms with Gasteiger partial charge in [-0.15, -0.1) is 0 Å². The smallest absolute Gasteiger partial charge is 0.270 e. The molecule has 0 atom stereocenters. The predicted octanol–water partition coefficient (Wildman–Crippen LogP) is -0.171. The van der Waals surface area contributed by atoms with Crippen LogP contribution < -0.4 is 10.6 Å². The van der Waals surface area contributed by atoms with Gasteiger partial charge in [-0.25, -0.2) is 4.99 Å². The number of nitrogens with zero attached hydrogens (tertiary/aromatic N) is 1. The first-order chi connectivity index (χ1) is 6.16. The van der Waals surface area contributed by atoms with Gasteiger partial charge in [0, 0.05) is 16.9 Å². The van der Waals surface area contributed by atoms with E-state index in [4.69, 9.17) is 0 Å². The number of carbonyl (C=O) groups is 2. The Labute approximate surface area is 74.4 Å². The van der Waals surface area contributed by atoms with Gasteiger partial charge < -0.3 is 0 Å². The summed E-state index contributed by atoms with van der Waals surface area (Å²) in [6, 6.07) is 5.05. The number of carbonyl (C=O) groups excluding carboxylic acids is 2. The zero-order valence-electron chi connectivity index (χ0n) is 7.07. The number of amides is 1. The van der Waals surface area contributed by atoms with E-state index < -0.39 is 0 Å². The number of Topliss-reactive ketones (excluding diaryl/α,β-unsaturated/α-hetero) is 1. The molecule has 1 aromatic rings. The lowest BCUT2D eigenvalue weighted by Crippen LogP contribution is -2.22. The molecule has 0 unspecified atom stereocenters. The SMILES string of the molecule is CC(=O)c1ccc2c(c1)=CC(=O)N=2. The molecule has 64 valence electrons. The quantitative estimate of drug-likeness (QED) is 0.553. The molecule has 0 saturated heterocycles. The molecule has 1 aliphatic heterocycles. The highest BCUT2D eigenvalue weighted by molar-refractivity contribution is 6.06. The molecule has 3 heteroatoms. The van der Waals surface area contributed by atoms with E-state index >= 15 is 0 Å². The second kappa shape index (κ2) is 2.62. The third kappa shape index (κ3) is 1.28. The number of hydrogen-bond acceptors (Lipinski definition) is 2. The summed E-state index contributed by atoms with van der Waals surface area (Å²) >= 11 is 0. The lowest BCUT2D eigenvalue weighted by Gasteiger charge is -1.91. The number of fused-ring (bicyclic) bond motifs is 1. The Kier molecular flexibility index (Phi) is 1.59. The number of rotatable bonds is 1. The van der Waals surface area contributed by atoms with Crippen LogP contribution in [0.15, 0.2) is 23.2 Å². The average Bonchev–Trinajstić information content (AvgIpc) is 2.42. The van der Waals surface area contributed by atoms with Gasteiger partial charge in [0.15, 0.2) is 5.78 Å². The zero-order valence-corrected chi connectivity index (χ0v) is 7.07. The molecule has 0 bridgehead atoms. The van der Waals surface area contributed by atoms with Gasteiger partial charge in [-0.05, 0) is 25.1 Å². The number of ketones is 1. The average molecular weight is 173 g/mol. The highest BCUT2D eigenvalue weighted by atomic mass is 16.1. The molecule has 2 rings (SSSR count). The largest absolute Gasteiger partial charge is 0.295 e. The molecule has 1 heterocycles. The second-order valence-corrected chi connectivity index (χ2v) is 2.92. The van der Waals surface area contributed by atoms with Gasteiger partial charge >= 0.3 is 0 Å². The summed E-state index contributed by atoms with van der Waals surface area (Å²) in [6.45, 7) is 1.50. The fourth-order valence-electron chi connectivity index (χ4n) is 1.27. The fraction of sp³-hybridized carbons (Fsp3) is 0.100. The third-order valence-electron chi connectivity index (χ3n) is 1.94. The van der Waals surface area contributed by atoms with Gasteiger partial charge in [-0.2, -0.15) is 0 Å². The summed E-state index contributed by atoms with van der Waals surface area (Å²) in [5.41, 5.74) is 0.611. The Hall–Kier alpha value is -1.77. The van der Waals surface area contributed by atoms with Gasteiger partial charge in [-0.3, -0.25) is 9.59 Å². The lowest BCUT2D eigenvalue weighted by molar-refractivity contribution is -0.112. The van der Waals surface area contributed by atoms with Crippen LogP contribution in [0.1, 0.15) is 17.3 Å². The van der Waals surface area contributed by atoms with E-state index in [1.165, 1.54) is 13.0 Å². The molecule has 1 aromatic carbocycles. The van der Waals surface area contributed by atoms with Crippen molar-refractivity contribution in [2.24, 2.45) is 4.99 Å². The van der Waals surface area contributed by atoms with Crippen molar-refractivity contribution in [3.8, 4) is 0 Å². The molecule has 0 aromatic heterocycles. The molecular weight excluding hydrogens is 166 g/mol. The van der Waals surface area contributed by atoms with Crippen molar-refractivity contribution in [3.05, 3.63) is 34.3 Å². The standard InChI is InChI=1S/C10H7NO2/c1-6(12)7-2-3-9-8(4-7)5-10(13)11-9/h2-5H,1H3. The highest BCUT2D eigenvalue weighted by Gasteiger charge is 2.05. The number of benzene rings is 1. The van der Waals surface area contributed by atoms with E-state index in [-0.39, 0.29) is 11.7 Å². The van der Waals surface area contributed by atoms with Crippen molar-refractivity contribution < 1.29 is 9.59 Å². The van der Waals surface area contributed by atoms with Crippen LogP contribution in [-0.2, 0) is 4.79 Å². The molecule has 13 heavy (non-hydrogen) atoms. The molecule has 3 nitrogen and oxygen atoms in total. The van der Waals surface area contributed by atoms with E-state index in [2.05, 4.69) is 4.99 Å². The molecule has 0 fully saturated rings. The minimum atomic E-state index is -0.254. The summed E-state index contributed by atoms with van der Waals surface area (Å²) in [5, 5.41) is 1.38. The molecule has 0 aliphatic carbocycles. The summed E-state index contributed by atoms with van der Waals surface area (Å²) in [4.78, 5) is 25.6. The van der Waals surface area contributed by atoms with Crippen molar-refractivity contribution in [1.82, 2.24) is 0 Å². The Bertz CT molecular complexity index is 514. The Balaban J connectivity index is 2.73. The van der Waals surface area contributed by atoms with Gasteiger partial charge in [0.25, 0.3) is 5.91 Å². The molecule has 0 N–H and O–H groups in total. The summed E-state index contributed by atoms with van der Waals surface area (Å²) < 4.78 is 0. The Morgan fingerprint density at radius 2 is 2.15 bits per heavy atom. The lowest BCUT2D eigenvalue weighted by atomic mass is 10.1. The van der Waals surface area contributed by atoms with Crippen LogP contribution >= 0.6 is 0 Å². The first kappa shape index (κ1) is 7.86. The van der Waals surface area contributed by atoms with E-state index in [1.807, 2.05) is 0 Å². The van der Waals surface area contributed by atoms with E-state index in [0.29, 0.717) is 10.9 Å². The van der Waals surface area contributed by atoms with Crippen molar-refractivity contribution in [2.75, 3.05) is 0 Å². The van der Waals surface area contributed by atoms with Crippen molar-refractivity contribution >= 4 is 17.8 Å². The Morgan fingerprint density at radius 1 is 1.38 bits per heavy atom. The molecule has 0 spiro atoms. The summed E-state index contributed by atoms with van der Waals surface area (Å²) in [6.07, 6.45) is 1.43. The van der Waals surface area contributed by atoms with Gasteiger partial charge in [0.1, 0.15) is 0 Å². The highest BCUT2D eigenvalue weighted by Crippen LogP contribution is 1.94. The van der Waals surface area contributed by atoms with Crippen molar-refractivity contribution in [3.63, 3.8) is 0 Å². The van der Waals surface area contributed by atoms with Crippen molar-refractivity contribution in [2.45, 2.75) is 6.92 Å². The van der Waals surface area contributed by atoms with Gasteiger partial charge in [0.05, 0.1) is 5.36 Å². The van der Waals surface area contributed by atoms with Crippen molar-refractivity contribution in [1.29, 1.82) is 0 Å². The maximum Gasteiger partial charge on any atom is 0.270 e. The maximum atomic E-state index is 11.0. The van der Waals surface area contributed by atoms with Crippen LogP contribution in [-0.4, -0.2) is 11.7 Å². The molecule has 1 aliphatic rings. The van der Waals surface area contributed by atoms with E-state index in [0.717, 1.165) is 5.22 Å². The van der Waals surface area contributed by atoms with Crippen LogP contribution in [0.25, 0.3) is 6.08 Å². The van der Waals surface area contributed by atoms with E-state index in [1.54, 1.807) is 18.2 Å². The fourth-order valence-corrected chi connectivity index (χ4v) is 1.27. The van der Waals surface area contributed by atoms with Crippen LogP contribution in [0.5, 0.6) is 0 Å². The zero-order chi connectivity index (χ0) is 9.42. The summed E-state index contributed by atoms with van der Waals surface area (Å²) in [5.74, 6) is -0.258. The maximum absolute atomic E-state index is 11.0. The molecule has 1 amide bonds. The predicted molar refractivity (Wildman–Crippen MR) is 46.7 cm³/mol. The van der Waals surface area contributed by atoms with E-state index in [9.17, 15) is 9.59 Å². The topological polar surface area (TPSA) is 46.5 Å². The second-order valence-electron chi connectivity index (χ2n) is 2.92. The monoisotopic (exact) mass is 173 g/mol. The third-order valence-corrected chi connectivity index (χ3v) is 1.94. The summed E-state index contributed by atoms with van der Waals surface area (Å²) in [7, 11) is 0. The molecule has 0 radical (unpaired) electrons. The minimum absolute atomic E-state index is 0.00412. The van der Waals surface area contributed by atoms with Crippen LogP contribution in [0.3, 0.4) is 0 Å². The number of hydrogen-bond donors (Lipinski definition) is 0. The first-order valence-corrected chi connectivity index (χ1v) is 3.92. The van der Waals surface area contributed by atoms with Gasteiger partial charge in [0.2, 0.25) is 0 Å². The minimum Gasteiger partial charge on any atom is -0.295 e. The Morgan fingerprint density at radius 3 is 2.85 bits per heavy atom. The van der Waals surface area contributed by atoms with Crippen LogP contribution in [0.2, 0.25) is 0 Å². The van der Waals surface area contributed by atoms with Crippen LogP contribution in [0.4, 0.5) is 0 Å². The van der Waals surface area contributed by atoms with Crippen LogP contribution in [0, 0.1) is 0 Å². The molecular formula is C10H7NO2. The molecule has 0 saturated carbocycles.